The van der Waals surface area contributed by atoms with Gasteiger partial charge < -0.3 is 5.73 Å². The van der Waals surface area contributed by atoms with E-state index in [1.165, 1.54) is 12.1 Å². The lowest BCUT2D eigenvalue weighted by Gasteiger charge is -2.05. The van der Waals surface area contributed by atoms with Gasteiger partial charge in [-0.25, -0.2) is 4.39 Å². The van der Waals surface area contributed by atoms with Crippen LogP contribution in [-0.2, 0) is 0 Å². The van der Waals surface area contributed by atoms with Gasteiger partial charge in [-0.05, 0) is 41.5 Å². The maximum atomic E-state index is 13.6. The molecule has 0 spiro atoms. The summed E-state index contributed by atoms with van der Waals surface area (Å²) < 4.78 is 13.6. The topological polar surface area (TPSA) is 43.1 Å². The molecule has 0 bridgehead atoms. The van der Waals surface area contributed by atoms with Gasteiger partial charge in [0, 0.05) is 10.0 Å². The fourth-order valence-electron chi connectivity index (χ4n) is 1.61. The molecule has 5 heteroatoms. The molecule has 2 rings (SSSR count). The number of rotatable bonds is 2. The van der Waals surface area contributed by atoms with E-state index < -0.39 is 11.7 Å². The van der Waals surface area contributed by atoms with E-state index >= 15 is 0 Å². The maximum Gasteiger partial charge on any atom is 0.251 e. The van der Waals surface area contributed by atoms with Crippen LogP contribution in [0.1, 0.15) is 10.4 Å². The summed E-state index contributed by atoms with van der Waals surface area (Å²) >= 11 is 11.7. The minimum Gasteiger partial charge on any atom is -0.366 e. The lowest BCUT2D eigenvalue weighted by atomic mass is 10.0. The number of hydrogen-bond donors (Lipinski definition) is 1. The molecule has 0 atom stereocenters. The third-order valence-electron chi connectivity index (χ3n) is 2.43. The molecule has 0 aliphatic rings. The molecule has 0 aliphatic carbocycles. The van der Waals surface area contributed by atoms with Crippen molar-refractivity contribution in [1.29, 1.82) is 0 Å². The van der Waals surface area contributed by atoms with Crippen molar-refractivity contribution in [1.82, 2.24) is 0 Å². The van der Waals surface area contributed by atoms with Crippen molar-refractivity contribution in [2.24, 2.45) is 5.73 Å². The molecule has 2 aromatic carbocycles. The third-order valence-corrected chi connectivity index (χ3v) is 2.87. The molecule has 0 saturated carbocycles. The van der Waals surface area contributed by atoms with E-state index in [1.807, 2.05) is 0 Å². The van der Waals surface area contributed by atoms with Gasteiger partial charge in [-0.2, -0.15) is 0 Å². The Balaban J connectivity index is 2.52. The van der Waals surface area contributed by atoms with Crippen molar-refractivity contribution in [3.8, 4) is 11.1 Å². The van der Waals surface area contributed by atoms with Crippen LogP contribution in [0, 0.1) is 5.82 Å². The van der Waals surface area contributed by atoms with Crippen molar-refractivity contribution >= 4 is 29.1 Å². The van der Waals surface area contributed by atoms with E-state index in [4.69, 9.17) is 28.9 Å². The summed E-state index contributed by atoms with van der Waals surface area (Å²) in [6.07, 6.45) is 0. The molecule has 0 unspecified atom stereocenters. The van der Waals surface area contributed by atoms with Crippen LogP contribution in [0.15, 0.2) is 36.4 Å². The monoisotopic (exact) mass is 283 g/mol. The molecule has 2 nitrogen and oxygen atoms in total. The van der Waals surface area contributed by atoms with Gasteiger partial charge in [0.1, 0.15) is 5.82 Å². The molecule has 0 heterocycles. The number of amides is 1. The lowest BCUT2D eigenvalue weighted by Crippen LogP contribution is -2.12. The molecule has 0 fully saturated rings. The van der Waals surface area contributed by atoms with Gasteiger partial charge in [-0.15, -0.1) is 0 Å². The first-order valence-corrected chi connectivity index (χ1v) is 5.79. The van der Waals surface area contributed by atoms with Crippen molar-refractivity contribution in [2.45, 2.75) is 0 Å². The summed E-state index contributed by atoms with van der Waals surface area (Å²) in [4.78, 5) is 10.9. The highest BCUT2D eigenvalue weighted by molar-refractivity contribution is 6.35. The second-order valence-corrected chi connectivity index (χ2v) is 4.59. The van der Waals surface area contributed by atoms with E-state index in [0.717, 1.165) is 0 Å². The van der Waals surface area contributed by atoms with Crippen molar-refractivity contribution in [3.05, 3.63) is 57.8 Å². The van der Waals surface area contributed by atoms with Gasteiger partial charge in [-0.3, -0.25) is 4.79 Å². The Bertz CT molecular complexity index is 608. The van der Waals surface area contributed by atoms with Crippen LogP contribution in [0.2, 0.25) is 10.0 Å². The number of carbonyl (C=O) groups is 1. The summed E-state index contributed by atoms with van der Waals surface area (Å²) in [5.74, 6) is -1.47. The lowest BCUT2D eigenvalue weighted by molar-refractivity contribution is 0.0996. The van der Waals surface area contributed by atoms with Crippen LogP contribution in [0.25, 0.3) is 11.1 Å². The highest BCUT2D eigenvalue weighted by Gasteiger charge is 2.10. The summed E-state index contributed by atoms with van der Waals surface area (Å²) in [6, 6.07) is 9.05. The van der Waals surface area contributed by atoms with E-state index in [1.54, 1.807) is 24.3 Å². The van der Waals surface area contributed by atoms with Crippen LogP contribution in [-0.4, -0.2) is 5.91 Å². The van der Waals surface area contributed by atoms with E-state index in [2.05, 4.69) is 0 Å². The number of nitrogens with two attached hydrogens (primary N) is 1. The van der Waals surface area contributed by atoms with Crippen LogP contribution in [0.5, 0.6) is 0 Å². The Hall–Kier alpha value is -1.58. The van der Waals surface area contributed by atoms with Crippen LogP contribution in [0.4, 0.5) is 4.39 Å². The first kappa shape index (κ1) is 12.9. The van der Waals surface area contributed by atoms with Gasteiger partial charge in [0.15, 0.2) is 0 Å². The fraction of sp³-hybridized carbons (Fsp3) is 0. The Kier molecular flexibility index (Phi) is 3.55. The predicted octanol–water partition coefficient (Wildman–Crippen LogP) is 3.90. The normalized spacial score (nSPS) is 10.4. The maximum absolute atomic E-state index is 13.6. The average molecular weight is 284 g/mol. The highest BCUT2D eigenvalue weighted by atomic mass is 35.5. The van der Waals surface area contributed by atoms with E-state index in [0.29, 0.717) is 21.2 Å². The Labute approximate surface area is 113 Å². The second kappa shape index (κ2) is 4.96. The molecule has 92 valence electrons. The van der Waals surface area contributed by atoms with Gasteiger partial charge in [0.2, 0.25) is 0 Å². The smallest absolute Gasteiger partial charge is 0.251 e. The van der Waals surface area contributed by atoms with Crippen molar-refractivity contribution in [2.75, 3.05) is 0 Å². The summed E-state index contributed by atoms with van der Waals surface area (Å²) in [5.41, 5.74) is 6.12. The SMILES string of the molecule is NC(=O)c1ccc(-c2cc(Cl)cc(Cl)c2)cc1F. The highest BCUT2D eigenvalue weighted by Crippen LogP contribution is 2.28. The van der Waals surface area contributed by atoms with Crippen LogP contribution < -0.4 is 5.73 Å². The zero-order valence-corrected chi connectivity index (χ0v) is 10.6. The standard InChI is InChI=1S/C13H8Cl2FNO/c14-9-3-8(4-10(15)6-9)7-1-2-11(13(17)18)12(16)5-7/h1-6H,(H2,17,18). The molecule has 18 heavy (non-hydrogen) atoms. The number of primary amides is 1. The number of hydrogen-bond acceptors (Lipinski definition) is 1. The molecule has 0 radical (unpaired) electrons. The van der Waals surface area contributed by atoms with E-state index in [9.17, 15) is 9.18 Å². The Morgan fingerprint density at radius 2 is 1.61 bits per heavy atom. The Morgan fingerprint density at radius 1 is 1.00 bits per heavy atom. The molecular weight excluding hydrogens is 276 g/mol. The minimum absolute atomic E-state index is 0.146. The summed E-state index contributed by atoms with van der Waals surface area (Å²) in [5, 5.41) is 0.911. The third kappa shape index (κ3) is 2.63. The average Bonchev–Trinajstić information content (AvgIpc) is 2.26. The molecule has 1 amide bonds. The predicted molar refractivity (Wildman–Crippen MR) is 70.4 cm³/mol. The van der Waals surface area contributed by atoms with Crippen LogP contribution in [0.3, 0.4) is 0 Å². The number of halogens is 3. The molecule has 0 aliphatic heterocycles. The molecule has 0 saturated heterocycles. The quantitative estimate of drug-likeness (QED) is 0.893. The zero-order valence-electron chi connectivity index (χ0n) is 9.08. The Morgan fingerprint density at radius 3 is 2.11 bits per heavy atom. The van der Waals surface area contributed by atoms with Crippen LogP contribution >= 0.6 is 23.2 Å². The number of benzene rings is 2. The van der Waals surface area contributed by atoms with Gasteiger partial charge in [-0.1, -0.05) is 29.3 Å². The fourth-order valence-corrected chi connectivity index (χ4v) is 2.14. The van der Waals surface area contributed by atoms with Crippen molar-refractivity contribution in [3.63, 3.8) is 0 Å². The zero-order chi connectivity index (χ0) is 13.3. The van der Waals surface area contributed by atoms with Gasteiger partial charge in [0.05, 0.1) is 5.56 Å². The first-order chi connectivity index (χ1) is 8.47. The van der Waals surface area contributed by atoms with E-state index in [-0.39, 0.29) is 5.56 Å². The first-order valence-electron chi connectivity index (χ1n) is 5.03. The molecule has 2 N–H and O–H groups in total. The molecular formula is C13H8Cl2FNO. The number of carbonyl (C=O) groups excluding carboxylic acids is 1. The summed E-state index contributed by atoms with van der Waals surface area (Å²) in [7, 11) is 0. The van der Waals surface area contributed by atoms with Gasteiger partial charge in [0.25, 0.3) is 5.91 Å². The second-order valence-electron chi connectivity index (χ2n) is 3.72. The minimum atomic E-state index is -0.803. The van der Waals surface area contributed by atoms with Crippen molar-refractivity contribution < 1.29 is 9.18 Å². The largest absolute Gasteiger partial charge is 0.366 e. The molecule has 0 aromatic heterocycles. The van der Waals surface area contributed by atoms with Gasteiger partial charge >= 0.3 is 0 Å². The molecule has 2 aromatic rings. The summed E-state index contributed by atoms with van der Waals surface area (Å²) in [6.45, 7) is 0.